The Labute approximate surface area is 150 Å². The number of phenols is 2. The second-order valence-corrected chi connectivity index (χ2v) is 5.53. The van der Waals surface area contributed by atoms with Crippen molar-refractivity contribution < 1.29 is 19.7 Å². The summed E-state index contributed by atoms with van der Waals surface area (Å²) in [6.07, 6.45) is 4.78. The largest absolute Gasteiger partial charge is 0.508 e. The van der Waals surface area contributed by atoms with Crippen LogP contribution in [0, 0.1) is 0 Å². The van der Waals surface area contributed by atoms with Gasteiger partial charge in [-0.15, -0.1) is 0 Å². The Kier molecular flexibility index (Phi) is 5.03. The monoisotopic (exact) mass is 350 g/mol. The van der Waals surface area contributed by atoms with Crippen molar-refractivity contribution in [2.75, 3.05) is 6.61 Å². The average Bonchev–Trinajstić information content (AvgIpc) is 3.06. The molecule has 0 aliphatic heterocycles. The molecule has 2 N–H and O–H groups in total. The molecule has 26 heavy (non-hydrogen) atoms. The number of aromatic hydroxyl groups is 2. The highest BCUT2D eigenvalue weighted by atomic mass is 16.5. The van der Waals surface area contributed by atoms with Gasteiger partial charge in [-0.05, 0) is 61.5 Å². The molecule has 1 heterocycles. The minimum Gasteiger partial charge on any atom is -0.508 e. The van der Waals surface area contributed by atoms with Gasteiger partial charge in [0.05, 0.1) is 18.0 Å². The number of carbonyl (C=O) groups excluding carboxylic acids is 1. The van der Waals surface area contributed by atoms with E-state index in [-0.39, 0.29) is 11.5 Å². The van der Waals surface area contributed by atoms with Gasteiger partial charge in [0.2, 0.25) is 0 Å². The SMILES string of the molecule is CCOC(=O)/C=C/c1cn(-c2ccc(O)cc2)nc1-c1ccc(O)cc1. The van der Waals surface area contributed by atoms with Crippen molar-refractivity contribution in [1.29, 1.82) is 0 Å². The van der Waals surface area contributed by atoms with Gasteiger partial charge in [-0.3, -0.25) is 0 Å². The highest BCUT2D eigenvalue weighted by molar-refractivity contribution is 5.88. The van der Waals surface area contributed by atoms with E-state index in [9.17, 15) is 15.0 Å². The Morgan fingerprint density at radius 1 is 1.08 bits per heavy atom. The fraction of sp³-hybridized carbons (Fsp3) is 0.100. The standard InChI is InChI=1S/C20H18N2O4/c1-2-26-19(25)12-5-15-13-22(16-6-10-18(24)11-7-16)21-20(15)14-3-8-17(23)9-4-14/h3-13,23-24H,2H2,1H3/b12-5+. The second-order valence-electron chi connectivity index (χ2n) is 5.53. The number of carbonyl (C=O) groups is 1. The molecule has 0 unspecified atom stereocenters. The summed E-state index contributed by atoms with van der Waals surface area (Å²) < 4.78 is 6.57. The normalized spacial score (nSPS) is 11.0. The summed E-state index contributed by atoms with van der Waals surface area (Å²) in [4.78, 5) is 11.6. The van der Waals surface area contributed by atoms with Crippen LogP contribution in [0.5, 0.6) is 11.5 Å². The predicted molar refractivity (Wildman–Crippen MR) is 98.0 cm³/mol. The van der Waals surface area contributed by atoms with E-state index in [0.29, 0.717) is 12.3 Å². The molecule has 0 radical (unpaired) electrons. The zero-order valence-corrected chi connectivity index (χ0v) is 14.2. The van der Waals surface area contributed by atoms with Crippen LogP contribution < -0.4 is 0 Å². The van der Waals surface area contributed by atoms with Crippen molar-refractivity contribution in [1.82, 2.24) is 9.78 Å². The van der Waals surface area contributed by atoms with Crippen LogP contribution in [0.2, 0.25) is 0 Å². The molecular formula is C20H18N2O4. The Balaban J connectivity index is 2.03. The maximum absolute atomic E-state index is 11.6. The summed E-state index contributed by atoms with van der Waals surface area (Å²) in [6.45, 7) is 2.05. The lowest BCUT2D eigenvalue weighted by Gasteiger charge is -2.01. The molecule has 0 bridgehead atoms. The summed E-state index contributed by atoms with van der Waals surface area (Å²) in [6, 6.07) is 13.3. The number of hydrogen-bond acceptors (Lipinski definition) is 5. The van der Waals surface area contributed by atoms with Crippen molar-refractivity contribution >= 4 is 12.0 Å². The molecule has 0 saturated heterocycles. The van der Waals surface area contributed by atoms with Gasteiger partial charge in [-0.2, -0.15) is 5.10 Å². The number of rotatable bonds is 5. The van der Waals surface area contributed by atoms with E-state index in [1.165, 1.54) is 6.08 Å². The highest BCUT2D eigenvalue weighted by Crippen LogP contribution is 2.26. The van der Waals surface area contributed by atoms with Crippen molar-refractivity contribution in [3.05, 3.63) is 66.4 Å². The first-order valence-electron chi connectivity index (χ1n) is 8.10. The molecule has 2 aromatic carbocycles. The molecule has 132 valence electrons. The third-order valence-electron chi connectivity index (χ3n) is 3.68. The molecule has 0 saturated carbocycles. The van der Waals surface area contributed by atoms with Crippen molar-refractivity contribution in [3.8, 4) is 28.4 Å². The number of ether oxygens (including phenoxy) is 1. The smallest absolute Gasteiger partial charge is 0.330 e. The zero-order valence-electron chi connectivity index (χ0n) is 14.2. The first-order chi connectivity index (χ1) is 12.6. The fourth-order valence-corrected chi connectivity index (χ4v) is 2.44. The van der Waals surface area contributed by atoms with Gasteiger partial charge in [0.25, 0.3) is 0 Å². The number of aromatic nitrogens is 2. The molecule has 1 aromatic heterocycles. The van der Waals surface area contributed by atoms with Gasteiger partial charge in [-0.1, -0.05) is 0 Å². The van der Waals surface area contributed by atoms with Crippen molar-refractivity contribution in [2.24, 2.45) is 0 Å². The van der Waals surface area contributed by atoms with Gasteiger partial charge in [0.1, 0.15) is 11.5 Å². The number of phenolic OH excluding ortho intramolecular Hbond substituents is 2. The number of benzene rings is 2. The molecule has 6 nitrogen and oxygen atoms in total. The fourth-order valence-electron chi connectivity index (χ4n) is 2.44. The lowest BCUT2D eigenvalue weighted by molar-refractivity contribution is -0.137. The van der Waals surface area contributed by atoms with Gasteiger partial charge < -0.3 is 14.9 Å². The van der Waals surface area contributed by atoms with E-state index >= 15 is 0 Å². The second kappa shape index (κ2) is 7.57. The summed E-state index contributed by atoms with van der Waals surface area (Å²) in [5.41, 5.74) is 2.93. The highest BCUT2D eigenvalue weighted by Gasteiger charge is 2.11. The lowest BCUT2D eigenvalue weighted by Crippen LogP contribution is -1.98. The average molecular weight is 350 g/mol. The topological polar surface area (TPSA) is 84.6 Å². The molecular weight excluding hydrogens is 332 g/mol. The maximum atomic E-state index is 11.6. The maximum Gasteiger partial charge on any atom is 0.330 e. The molecule has 0 atom stereocenters. The Hall–Kier alpha value is -3.54. The number of hydrogen-bond donors (Lipinski definition) is 2. The summed E-state index contributed by atoms with van der Waals surface area (Å²) in [5.74, 6) is -0.0982. The summed E-state index contributed by atoms with van der Waals surface area (Å²) in [7, 11) is 0. The Morgan fingerprint density at radius 2 is 1.69 bits per heavy atom. The number of nitrogens with zero attached hydrogens (tertiary/aromatic N) is 2. The zero-order chi connectivity index (χ0) is 18.5. The van der Waals surface area contributed by atoms with Crippen LogP contribution in [0.1, 0.15) is 12.5 Å². The van der Waals surface area contributed by atoms with Gasteiger partial charge in [-0.25, -0.2) is 9.48 Å². The summed E-state index contributed by atoms with van der Waals surface area (Å²) in [5, 5.41) is 23.5. The van der Waals surface area contributed by atoms with Crippen LogP contribution in [0.15, 0.2) is 60.8 Å². The summed E-state index contributed by atoms with van der Waals surface area (Å²) >= 11 is 0. The van der Waals surface area contributed by atoms with Crippen LogP contribution >= 0.6 is 0 Å². The molecule has 3 aromatic rings. The molecule has 0 aliphatic rings. The van der Waals surface area contributed by atoms with Crippen LogP contribution in [-0.4, -0.2) is 32.6 Å². The van der Waals surface area contributed by atoms with E-state index in [1.807, 2.05) is 0 Å². The van der Waals surface area contributed by atoms with Crippen LogP contribution in [0.25, 0.3) is 23.0 Å². The van der Waals surface area contributed by atoms with E-state index in [4.69, 9.17) is 4.74 Å². The molecule has 0 amide bonds. The van der Waals surface area contributed by atoms with Gasteiger partial charge in [0.15, 0.2) is 0 Å². The van der Waals surface area contributed by atoms with Crippen molar-refractivity contribution in [3.63, 3.8) is 0 Å². The first-order valence-corrected chi connectivity index (χ1v) is 8.10. The van der Waals surface area contributed by atoms with Gasteiger partial charge >= 0.3 is 5.97 Å². The minimum atomic E-state index is -0.429. The lowest BCUT2D eigenvalue weighted by atomic mass is 10.1. The van der Waals surface area contributed by atoms with E-state index in [1.54, 1.807) is 72.4 Å². The van der Waals surface area contributed by atoms with Gasteiger partial charge in [0, 0.05) is 23.4 Å². The van der Waals surface area contributed by atoms with E-state index in [0.717, 1.165) is 16.8 Å². The van der Waals surface area contributed by atoms with Crippen LogP contribution in [0.3, 0.4) is 0 Å². The van der Waals surface area contributed by atoms with E-state index in [2.05, 4.69) is 5.10 Å². The first kappa shape index (κ1) is 17.3. The third-order valence-corrected chi connectivity index (χ3v) is 3.68. The molecule has 3 rings (SSSR count). The Morgan fingerprint density at radius 3 is 2.31 bits per heavy atom. The van der Waals surface area contributed by atoms with Crippen LogP contribution in [0.4, 0.5) is 0 Å². The molecule has 0 aliphatic carbocycles. The predicted octanol–water partition coefficient (Wildman–Crippen LogP) is 3.53. The van der Waals surface area contributed by atoms with Crippen LogP contribution in [-0.2, 0) is 9.53 Å². The Bertz CT molecular complexity index is 925. The minimum absolute atomic E-state index is 0.162. The third kappa shape index (κ3) is 3.92. The molecule has 6 heteroatoms. The van der Waals surface area contributed by atoms with Crippen molar-refractivity contribution in [2.45, 2.75) is 6.92 Å². The molecule has 0 spiro atoms. The van der Waals surface area contributed by atoms with E-state index < -0.39 is 5.97 Å². The quantitative estimate of drug-likeness (QED) is 0.543. The number of esters is 1. The molecule has 0 fully saturated rings.